The van der Waals surface area contributed by atoms with Gasteiger partial charge in [-0.15, -0.1) is 0 Å². The average molecular weight is 357 g/mol. The summed E-state index contributed by atoms with van der Waals surface area (Å²) in [6.45, 7) is 0.220. The summed E-state index contributed by atoms with van der Waals surface area (Å²) in [5, 5.41) is 19.3. The number of halogens is 3. The fourth-order valence-corrected chi connectivity index (χ4v) is 2.36. The molecule has 138 valence electrons. The van der Waals surface area contributed by atoms with E-state index in [9.17, 15) is 23.3 Å². The smallest absolute Gasteiger partial charge is 0.396 e. The van der Waals surface area contributed by atoms with E-state index in [1.807, 2.05) is 0 Å². The monoisotopic (exact) mass is 357 g/mol. The predicted molar refractivity (Wildman–Crippen MR) is 89.0 cm³/mol. The van der Waals surface area contributed by atoms with Crippen LogP contribution in [0, 0.1) is 22.0 Å². The lowest BCUT2D eigenvalue weighted by Crippen LogP contribution is -2.08. The van der Waals surface area contributed by atoms with E-state index in [0.29, 0.717) is 12.5 Å². The van der Waals surface area contributed by atoms with E-state index >= 15 is 0 Å². The van der Waals surface area contributed by atoms with Crippen molar-refractivity contribution in [1.82, 2.24) is 0 Å². The number of nitrogens with zero attached hydrogens (tertiary/aromatic N) is 1. The maximum atomic E-state index is 13.0. The van der Waals surface area contributed by atoms with Crippen molar-refractivity contribution in [3.05, 3.63) is 39.4 Å². The van der Waals surface area contributed by atoms with Crippen molar-refractivity contribution in [2.24, 2.45) is 0 Å². The third-order valence-electron chi connectivity index (χ3n) is 3.70. The maximum Gasteiger partial charge on any atom is 0.417 e. The quantitative estimate of drug-likeness (QED) is 0.290. The van der Waals surface area contributed by atoms with E-state index in [2.05, 4.69) is 11.8 Å². The number of aliphatic hydroxyl groups is 1. The zero-order valence-electron chi connectivity index (χ0n) is 13.9. The summed E-state index contributed by atoms with van der Waals surface area (Å²) >= 11 is 0. The molecule has 0 aromatic heterocycles. The van der Waals surface area contributed by atoms with Crippen molar-refractivity contribution >= 4 is 5.69 Å². The van der Waals surface area contributed by atoms with E-state index in [4.69, 9.17) is 5.11 Å². The summed E-state index contributed by atoms with van der Waals surface area (Å²) in [4.78, 5) is 9.77. The number of nitro benzene ring substituents is 1. The highest BCUT2D eigenvalue weighted by molar-refractivity contribution is 5.49. The second-order valence-corrected chi connectivity index (χ2v) is 5.74. The van der Waals surface area contributed by atoms with Crippen LogP contribution in [-0.2, 0) is 6.18 Å². The molecule has 0 aliphatic heterocycles. The largest absolute Gasteiger partial charge is 0.417 e. The van der Waals surface area contributed by atoms with Crippen molar-refractivity contribution < 1.29 is 23.2 Å². The molecule has 0 unspecified atom stereocenters. The third kappa shape index (κ3) is 8.03. The van der Waals surface area contributed by atoms with Crippen LogP contribution in [0.25, 0.3) is 0 Å². The van der Waals surface area contributed by atoms with Gasteiger partial charge >= 0.3 is 6.18 Å². The number of benzene rings is 1. The molecular formula is C18H22F3NO3. The van der Waals surface area contributed by atoms with Crippen molar-refractivity contribution in [3.8, 4) is 11.8 Å². The Kier molecular flexibility index (Phi) is 9.00. The zero-order valence-corrected chi connectivity index (χ0v) is 13.9. The molecule has 0 saturated carbocycles. The standard InChI is InChI=1S/C18H22F3NO3/c19-18(20,21)17-14-16(22(24)25)12-11-15(17)10-8-6-4-2-1-3-5-7-9-13-23/h11-12,14,23H,1-7,9,13H2. The molecule has 0 aliphatic rings. The number of unbranched alkanes of at least 4 members (excludes halogenated alkanes) is 7. The van der Waals surface area contributed by atoms with E-state index in [1.54, 1.807) is 0 Å². The predicted octanol–water partition coefficient (Wildman–Crippen LogP) is 5.08. The Labute approximate surface area is 145 Å². The molecule has 1 aromatic rings. The lowest BCUT2D eigenvalue weighted by molar-refractivity contribution is -0.385. The van der Waals surface area contributed by atoms with Gasteiger partial charge in [-0.2, -0.15) is 13.2 Å². The summed E-state index contributed by atoms with van der Waals surface area (Å²) in [5.41, 5.74) is -1.90. The van der Waals surface area contributed by atoms with Crippen LogP contribution in [0.3, 0.4) is 0 Å². The molecule has 1 N–H and O–H groups in total. The van der Waals surface area contributed by atoms with E-state index in [-0.39, 0.29) is 12.2 Å². The van der Waals surface area contributed by atoms with Gasteiger partial charge in [0.1, 0.15) is 0 Å². The number of hydrogen-bond donors (Lipinski definition) is 1. The third-order valence-corrected chi connectivity index (χ3v) is 3.70. The van der Waals surface area contributed by atoms with Gasteiger partial charge in [-0.05, 0) is 18.9 Å². The molecular weight excluding hydrogens is 335 g/mol. The van der Waals surface area contributed by atoms with Gasteiger partial charge < -0.3 is 5.11 Å². The fourth-order valence-electron chi connectivity index (χ4n) is 2.36. The molecule has 0 bridgehead atoms. The van der Waals surface area contributed by atoms with Gasteiger partial charge in [-0.1, -0.05) is 43.9 Å². The van der Waals surface area contributed by atoms with Gasteiger partial charge in [0.25, 0.3) is 5.69 Å². The Morgan fingerprint density at radius 3 is 2.20 bits per heavy atom. The van der Waals surface area contributed by atoms with Crippen LogP contribution in [0.1, 0.15) is 62.5 Å². The minimum atomic E-state index is -4.68. The van der Waals surface area contributed by atoms with Crippen molar-refractivity contribution in [3.63, 3.8) is 0 Å². The van der Waals surface area contributed by atoms with Gasteiger partial charge in [-0.3, -0.25) is 10.1 Å². The molecule has 25 heavy (non-hydrogen) atoms. The highest BCUT2D eigenvalue weighted by Crippen LogP contribution is 2.34. The molecule has 0 radical (unpaired) electrons. The lowest BCUT2D eigenvalue weighted by Gasteiger charge is -2.08. The second-order valence-electron chi connectivity index (χ2n) is 5.74. The number of nitro groups is 1. The molecule has 1 rings (SSSR count). The molecule has 0 amide bonds. The van der Waals surface area contributed by atoms with Gasteiger partial charge in [0.15, 0.2) is 0 Å². The van der Waals surface area contributed by atoms with Crippen LogP contribution < -0.4 is 0 Å². The van der Waals surface area contributed by atoms with Crippen molar-refractivity contribution in [2.75, 3.05) is 6.61 Å². The highest BCUT2D eigenvalue weighted by Gasteiger charge is 2.34. The molecule has 4 nitrogen and oxygen atoms in total. The zero-order chi connectivity index (χ0) is 18.7. The Morgan fingerprint density at radius 1 is 1.04 bits per heavy atom. The first-order valence-electron chi connectivity index (χ1n) is 8.31. The Balaban J connectivity index is 2.52. The number of alkyl halides is 3. The summed E-state index contributed by atoms with van der Waals surface area (Å²) in [7, 11) is 0. The summed E-state index contributed by atoms with van der Waals surface area (Å²) < 4.78 is 39.0. The van der Waals surface area contributed by atoms with Gasteiger partial charge in [0.05, 0.1) is 10.5 Å². The van der Waals surface area contributed by atoms with E-state index < -0.39 is 22.4 Å². The molecule has 0 aliphatic carbocycles. The highest BCUT2D eigenvalue weighted by atomic mass is 19.4. The number of hydrogen-bond acceptors (Lipinski definition) is 3. The first-order valence-corrected chi connectivity index (χ1v) is 8.31. The summed E-state index contributed by atoms with van der Waals surface area (Å²) in [6, 6.07) is 2.61. The number of aliphatic hydroxyl groups excluding tert-OH is 1. The van der Waals surface area contributed by atoms with Crippen LogP contribution in [0.4, 0.5) is 18.9 Å². The van der Waals surface area contributed by atoms with Crippen LogP contribution in [-0.4, -0.2) is 16.6 Å². The molecule has 7 heteroatoms. The summed E-state index contributed by atoms with van der Waals surface area (Å²) in [6.07, 6.45) is 2.60. The Bertz CT molecular complexity index is 618. The Morgan fingerprint density at radius 2 is 1.64 bits per heavy atom. The SMILES string of the molecule is O=[N+]([O-])c1ccc(C#CCCCCCCCCCO)c(C(F)(F)F)c1. The maximum absolute atomic E-state index is 13.0. The molecule has 0 fully saturated rings. The topological polar surface area (TPSA) is 63.4 Å². The molecule has 0 heterocycles. The van der Waals surface area contributed by atoms with Gasteiger partial charge in [0.2, 0.25) is 0 Å². The molecule has 0 saturated heterocycles. The number of rotatable bonds is 9. The van der Waals surface area contributed by atoms with Gasteiger partial charge in [-0.25, -0.2) is 0 Å². The normalized spacial score (nSPS) is 11.0. The fraction of sp³-hybridized carbons (Fsp3) is 0.556. The van der Waals surface area contributed by atoms with Crippen molar-refractivity contribution in [1.29, 1.82) is 0 Å². The second kappa shape index (κ2) is 10.7. The minimum Gasteiger partial charge on any atom is -0.396 e. The average Bonchev–Trinajstić information content (AvgIpc) is 2.55. The van der Waals surface area contributed by atoms with Gasteiger partial charge in [0, 0.05) is 30.7 Å². The number of non-ortho nitro benzene ring substituents is 1. The molecule has 0 spiro atoms. The summed E-state index contributed by atoms with van der Waals surface area (Å²) in [5.74, 6) is 5.21. The van der Waals surface area contributed by atoms with Crippen LogP contribution in [0.5, 0.6) is 0 Å². The molecule has 1 aromatic carbocycles. The van der Waals surface area contributed by atoms with Crippen LogP contribution in [0.15, 0.2) is 18.2 Å². The first-order chi connectivity index (χ1) is 11.9. The Hall–Kier alpha value is -2.07. The lowest BCUT2D eigenvalue weighted by atomic mass is 10.1. The van der Waals surface area contributed by atoms with E-state index in [1.165, 1.54) is 0 Å². The van der Waals surface area contributed by atoms with Crippen molar-refractivity contribution in [2.45, 2.75) is 57.5 Å². The van der Waals surface area contributed by atoms with E-state index in [0.717, 1.165) is 57.1 Å². The van der Waals surface area contributed by atoms with Crippen LogP contribution in [0.2, 0.25) is 0 Å². The molecule has 0 atom stereocenters. The minimum absolute atomic E-state index is 0.220. The first kappa shape index (κ1) is 21.0. The van der Waals surface area contributed by atoms with Crippen LogP contribution >= 0.6 is 0 Å².